The molecule has 0 atom stereocenters. The van der Waals surface area contributed by atoms with Crippen LogP contribution in [0.5, 0.6) is 5.75 Å². The molecule has 3 rings (SSSR count). The number of ether oxygens (including phenoxy) is 2. The second kappa shape index (κ2) is 11.7. The number of esters is 1. The molecule has 174 valence electrons. The standard InChI is InChI=1S/C23H26N4O4S2/c1-5-10-27-19(13-31-16-9-7-8-15(3)11-16)25-26-23(27)32-14-20(28)24-21-18(22(29)30-4)12-17(6-2)33-21/h5,7-9,11-12H,1,6,10,13-14H2,2-4H3,(H,24,28). The van der Waals surface area contributed by atoms with Gasteiger partial charge in [0.25, 0.3) is 0 Å². The molecule has 0 saturated heterocycles. The summed E-state index contributed by atoms with van der Waals surface area (Å²) in [5.41, 5.74) is 1.47. The van der Waals surface area contributed by atoms with Gasteiger partial charge < -0.3 is 14.8 Å². The summed E-state index contributed by atoms with van der Waals surface area (Å²) in [6.07, 6.45) is 2.50. The summed E-state index contributed by atoms with van der Waals surface area (Å²) in [6, 6.07) is 9.52. The third-order valence-corrected chi connectivity index (χ3v) is 6.75. The number of nitrogens with zero attached hydrogens (tertiary/aromatic N) is 3. The van der Waals surface area contributed by atoms with E-state index in [9.17, 15) is 9.59 Å². The van der Waals surface area contributed by atoms with Gasteiger partial charge in [-0.15, -0.1) is 28.1 Å². The van der Waals surface area contributed by atoms with E-state index >= 15 is 0 Å². The van der Waals surface area contributed by atoms with Gasteiger partial charge in [0.2, 0.25) is 5.91 Å². The van der Waals surface area contributed by atoms with Crippen LogP contribution < -0.4 is 10.1 Å². The monoisotopic (exact) mass is 486 g/mol. The number of allylic oxidation sites excluding steroid dienone is 1. The molecule has 8 nitrogen and oxygen atoms in total. The number of thioether (sulfide) groups is 1. The predicted octanol–water partition coefficient (Wildman–Crippen LogP) is 4.49. The van der Waals surface area contributed by atoms with E-state index in [1.807, 2.05) is 42.7 Å². The molecule has 10 heteroatoms. The van der Waals surface area contributed by atoms with Crippen molar-refractivity contribution in [1.29, 1.82) is 0 Å². The second-order valence-corrected chi connectivity index (χ2v) is 9.12. The molecule has 0 unspecified atom stereocenters. The quantitative estimate of drug-likeness (QED) is 0.242. The molecule has 0 aliphatic carbocycles. The Labute approximate surface area is 201 Å². The number of anilines is 1. The number of methoxy groups -OCH3 is 1. The number of hydrogen-bond acceptors (Lipinski definition) is 8. The van der Waals surface area contributed by atoms with Crippen molar-refractivity contribution in [2.45, 2.75) is 38.6 Å². The maximum absolute atomic E-state index is 12.6. The Morgan fingerprint density at radius 1 is 1.30 bits per heavy atom. The molecule has 0 saturated carbocycles. The van der Waals surface area contributed by atoms with Gasteiger partial charge in [0, 0.05) is 11.4 Å². The fraction of sp³-hybridized carbons (Fsp3) is 0.304. The van der Waals surface area contributed by atoms with Crippen LogP contribution >= 0.6 is 23.1 Å². The van der Waals surface area contributed by atoms with E-state index in [-0.39, 0.29) is 18.3 Å². The highest BCUT2D eigenvalue weighted by Gasteiger charge is 2.19. The Balaban J connectivity index is 1.65. The average Bonchev–Trinajstić information content (AvgIpc) is 3.39. The lowest BCUT2D eigenvalue weighted by molar-refractivity contribution is -0.113. The van der Waals surface area contributed by atoms with Crippen LogP contribution in [0.25, 0.3) is 0 Å². The van der Waals surface area contributed by atoms with Crippen LogP contribution in [-0.2, 0) is 29.1 Å². The highest BCUT2D eigenvalue weighted by Crippen LogP contribution is 2.29. The van der Waals surface area contributed by atoms with Gasteiger partial charge in [-0.05, 0) is 37.1 Å². The lowest BCUT2D eigenvalue weighted by Gasteiger charge is -2.09. The normalized spacial score (nSPS) is 10.6. The van der Waals surface area contributed by atoms with E-state index < -0.39 is 5.97 Å². The molecular weight excluding hydrogens is 460 g/mol. The molecule has 1 aromatic carbocycles. The maximum atomic E-state index is 12.6. The van der Waals surface area contributed by atoms with Gasteiger partial charge in [0.15, 0.2) is 11.0 Å². The zero-order valence-corrected chi connectivity index (χ0v) is 20.4. The number of hydrogen-bond donors (Lipinski definition) is 1. The van der Waals surface area contributed by atoms with Gasteiger partial charge in [0.1, 0.15) is 17.4 Å². The third kappa shape index (κ3) is 6.45. The Hall–Kier alpha value is -3.11. The van der Waals surface area contributed by atoms with E-state index in [2.05, 4.69) is 22.1 Å². The fourth-order valence-corrected chi connectivity index (χ4v) is 4.73. The number of rotatable bonds is 11. The minimum absolute atomic E-state index is 0.105. The fourth-order valence-electron chi connectivity index (χ4n) is 2.96. The van der Waals surface area contributed by atoms with Crippen LogP contribution in [0.15, 0.2) is 48.1 Å². The molecule has 1 amide bonds. The number of carbonyl (C=O) groups is 2. The second-order valence-electron chi connectivity index (χ2n) is 7.04. The van der Waals surface area contributed by atoms with Crippen LogP contribution in [-0.4, -0.2) is 39.5 Å². The van der Waals surface area contributed by atoms with Crippen molar-refractivity contribution in [3.8, 4) is 5.75 Å². The average molecular weight is 487 g/mol. The largest absolute Gasteiger partial charge is 0.486 e. The van der Waals surface area contributed by atoms with E-state index in [0.29, 0.717) is 28.1 Å². The summed E-state index contributed by atoms with van der Waals surface area (Å²) in [7, 11) is 1.32. The molecule has 2 aromatic heterocycles. The molecular formula is C23H26N4O4S2. The molecule has 0 radical (unpaired) electrons. The molecule has 0 aliphatic rings. The number of aromatic nitrogens is 3. The Morgan fingerprint density at radius 3 is 2.82 bits per heavy atom. The van der Waals surface area contributed by atoms with Crippen LogP contribution in [0.2, 0.25) is 0 Å². The Kier molecular flexibility index (Phi) is 8.67. The highest BCUT2D eigenvalue weighted by atomic mass is 32.2. The van der Waals surface area contributed by atoms with Crippen molar-refractivity contribution in [1.82, 2.24) is 14.8 Å². The van der Waals surface area contributed by atoms with Crippen LogP contribution in [0, 0.1) is 6.92 Å². The lowest BCUT2D eigenvalue weighted by Crippen LogP contribution is -2.16. The van der Waals surface area contributed by atoms with E-state index in [0.717, 1.165) is 22.6 Å². The van der Waals surface area contributed by atoms with Crippen molar-refractivity contribution in [2.24, 2.45) is 0 Å². The number of aryl methyl sites for hydroxylation is 2. The van der Waals surface area contributed by atoms with Gasteiger partial charge in [-0.3, -0.25) is 9.36 Å². The smallest absolute Gasteiger partial charge is 0.340 e. The first-order valence-corrected chi connectivity index (χ1v) is 12.1. The molecule has 0 aliphatic heterocycles. The first-order chi connectivity index (χ1) is 15.9. The number of thiophene rings is 1. The van der Waals surface area contributed by atoms with Gasteiger partial charge >= 0.3 is 5.97 Å². The maximum Gasteiger partial charge on any atom is 0.340 e. The van der Waals surface area contributed by atoms with Gasteiger partial charge in [-0.2, -0.15) is 0 Å². The van der Waals surface area contributed by atoms with Crippen LogP contribution in [0.1, 0.15) is 33.5 Å². The zero-order chi connectivity index (χ0) is 23.8. The molecule has 33 heavy (non-hydrogen) atoms. The number of nitrogens with one attached hydrogen (secondary N) is 1. The number of carbonyl (C=O) groups excluding carboxylic acids is 2. The van der Waals surface area contributed by atoms with Crippen LogP contribution in [0.4, 0.5) is 5.00 Å². The molecule has 0 spiro atoms. The summed E-state index contributed by atoms with van der Waals surface area (Å²) in [5, 5.41) is 12.3. The highest BCUT2D eigenvalue weighted by molar-refractivity contribution is 7.99. The summed E-state index contributed by atoms with van der Waals surface area (Å²) < 4.78 is 12.5. The molecule has 0 fully saturated rings. The minimum atomic E-state index is -0.474. The summed E-state index contributed by atoms with van der Waals surface area (Å²) in [6.45, 7) is 8.51. The van der Waals surface area contributed by atoms with Crippen molar-refractivity contribution >= 4 is 40.0 Å². The third-order valence-electron chi connectivity index (χ3n) is 4.58. The molecule has 1 N–H and O–H groups in total. The van der Waals surface area contributed by atoms with Gasteiger partial charge in [-0.25, -0.2) is 4.79 Å². The van der Waals surface area contributed by atoms with Gasteiger partial charge in [0.05, 0.1) is 18.4 Å². The number of amides is 1. The van der Waals surface area contributed by atoms with Crippen LogP contribution in [0.3, 0.4) is 0 Å². The lowest BCUT2D eigenvalue weighted by atomic mass is 10.2. The van der Waals surface area contributed by atoms with E-state index in [1.54, 1.807) is 12.1 Å². The molecule has 2 heterocycles. The minimum Gasteiger partial charge on any atom is -0.486 e. The first kappa shape index (κ1) is 24.5. The topological polar surface area (TPSA) is 95.3 Å². The van der Waals surface area contributed by atoms with Crippen molar-refractivity contribution in [3.63, 3.8) is 0 Å². The van der Waals surface area contributed by atoms with Crippen molar-refractivity contribution in [3.05, 3.63) is 64.8 Å². The number of benzene rings is 1. The first-order valence-electron chi connectivity index (χ1n) is 10.3. The van der Waals surface area contributed by atoms with E-state index in [4.69, 9.17) is 9.47 Å². The Morgan fingerprint density at radius 2 is 2.12 bits per heavy atom. The summed E-state index contributed by atoms with van der Waals surface area (Å²) >= 11 is 2.62. The van der Waals surface area contributed by atoms with Gasteiger partial charge in [-0.1, -0.05) is 36.9 Å². The van der Waals surface area contributed by atoms with Crippen molar-refractivity contribution in [2.75, 3.05) is 18.2 Å². The van der Waals surface area contributed by atoms with E-state index in [1.165, 1.54) is 30.2 Å². The zero-order valence-electron chi connectivity index (χ0n) is 18.8. The SMILES string of the molecule is C=CCn1c(COc2cccc(C)c2)nnc1SCC(=O)Nc1sc(CC)cc1C(=O)OC. The summed E-state index contributed by atoms with van der Waals surface area (Å²) in [4.78, 5) is 25.6. The van der Waals surface area contributed by atoms with Crippen molar-refractivity contribution < 1.29 is 19.1 Å². The molecule has 0 bridgehead atoms. The predicted molar refractivity (Wildman–Crippen MR) is 130 cm³/mol. The Bertz CT molecular complexity index is 1140. The molecule has 3 aromatic rings. The summed E-state index contributed by atoms with van der Waals surface area (Å²) in [5.74, 6) is 0.769.